The first-order valence-corrected chi connectivity index (χ1v) is 7.08. The van der Waals surface area contributed by atoms with Gasteiger partial charge in [0.05, 0.1) is 6.61 Å². The third-order valence-electron chi connectivity index (χ3n) is 3.26. The van der Waals surface area contributed by atoms with Crippen LogP contribution in [0.5, 0.6) is 0 Å². The number of hydrogen-bond donors (Lipinski definition) is 2. The Morgan fingerprint density at radius 2 is 1.95 bits per heavy atom. The molecule has 1 aromatic carbocycles. The number of rotatable bonds is 6. The predicted octanol–water partition coefficient (Wildman–Crippen LogP) is 1.06. The molecule has 1 unspecified atom stereocenters. The molecule has 6 heteroatoms. The molecule has 0 aliphatic carbocycles. The van der Waals surface area contributed by atoms with Crippen LogP contribution in [0.1, 0.15) is 40.0 Å². The van der Waals surface area contributed by atoms with Gasteiger partial charge in [0, 0.05) is 24.3 Å². The summed E-state index contributed by atoms with van der Waals surface area (Å²) in [7, 11) is 0. The van der Waals surface area contributed by atoms with Gasteiger partial charge in [-0.1, -0.05) is 0 Å². The third kappa shape index (κ3) is 4.84. The van der Waals surface area contributed by atoms with Crippen molar-refractivity contribution in [2.45, 2.75) is 25.6 Å². The fourth-order valence-electron chi connectivity index (χ4n) is 2.09. The normalized spacial score (nSPS) is 18.2. The minimum atomic E-state index is -0.511. The van der Waals surface area contributed by atoms with E-state index in [-0.39, 0.29) is 12.2 Å². The zero-order valence-electron chi connectivity index (χ0n) is 11.8. The highest BCUT2D eigenvalue weighted by Gasteiger charge is 2.13. The van der Waals surface area contributed by atoms with Crippen LogP contribution in [-0.2, 0) is 9.47 Å². The molecule has 1 fully saturated rings. The lowest BCUT2D eigenvalue weighted by Crippen LogP contribution is -2.30. The van der Waals surface area contributed by atoms with E-state index in [0.717, 1.165) is 25.9 Å². The molecule has 1 aliphatic rings. The van der Waals surface area contributed by atoms with E-state index >= 15 is 0 Å². The number of amides is 2. The SMILES string of the molecule is NC(=O)c1ccc(C(=O)NCCOC2CCCCO2)cc1. The molecule has 1 aliphatic heterocycles. The smallest absolute Gasteiger partial charge is 0.251 e. The van der Waals surface area contributed by atoms with Gasteiger partial charge in [0.1, 0.15) is 0 Å². The van der Waals surface area contributed by atoms with Crippen molar-refractivity contribution in [2.75, 3.05) is 19.8 Å². The lowest BCUT2D eigenvalue weighted by Gasteiger charge is -2.22. The van der Waals surface area contributed by atoms with Crippen LogP contribution in [0, 0.1) is 0 Å². The number of nitrogens with one attached hydrogen (secondary N) is 1. The Kier molecular flexibility index (Phi) is 5.71. The zero-order valence-corrected chi connectivity index (χ0v) is 11.8. The Labute approximate surface area is 123 Å². The molecule has 21 heavy (non-hydrogen) atoms. The summed E-state index contributed by atoms with van der Waals surface area (Å²) in [5.74, 6) is -0.720. The van der Waals surface area contributed by atoms with Gasteiger partial charge >= 0.3 is 0 Å². The Hall–Kier alpha value is -1.92. The quantitative estimate of drug-likeness (QED) is 0.767. The van der Waals surface area contributed by atoms with E-state index in [1.807, 2.05) is 0 Å². The van der Waals surface area contributed by atoms with E-state index in [1.165, 1.54) is 12.1 Å². The van der Waals surface area contributed by atoms with Gasteiger partial charge in [0.2, 0.25) is 5.91 Å². The fraction of sp³-hybridized carbons (Fsp3) is 0.467. The number of benzene rings is 1. The Bertz CT molecular complexity index is 481. The lowest BCUT2D eigenvalue weighted by molar-refractivity contribution is -0.161. The van der Waals surface area contributed by atoms with Crippen LogP contribution in [0.2, 0.25) is 0 Å². The highest BCUT2D eigenvalue weighted by molar-refractivity contribution is 5.97. The van der Waals surface area contributed by atoms with Gasteiger partial charge in [-0.15, -0.1) is 0 Å². The topological polar surface area (TPSA) is 90.7 Å². The number of nitrogens with two attached hydrogens (primary N) is 1. The molecule has 2 rings (SSSR count). The van der Waals surface area contributed by atoms with Crippen molar-refractivity contribution in [3.05, 3.63) is 35.4 Å². The fourth-order valence-corrected chi connectivity index (χ4v) is 2.09. The maximum atomic E-state index is 11.9. The van der Waals surface area contributed by atoms with E-state index in [1.54, 1.807) is 12.1 Å². The highest BCUT2D eigenvalue weighted by Crippen LogP contribution is 2.13. The Balaban J connectivity index is 1.70. The van der Waals surface area contributed by atoms with Crippen molar-refractivity contribution in [3.63, 3.8) is 0 Å². The summed E-state index contributed by atoms with van der Waals surface area (Å²) in [6.45, 7) is 1.56. The zero-order chi connectivity index (χ0) is 15.1. The molecule has 1 heterocycles. The second kappa shape index (κ2) is 7.75. The molecule has 3 N–H and O–H groups in total. The maximum Gasteiger partial charge on any atom is 0.251 e. The minimum Gasteiger partial charge on any atom is -0.366 e. The molecule has 0 spiro atoms. The standard InChI is InChI=1S/C15H20N2O4/c16-14(18)11-4-6-12(7-5-11)15(19)17-8-10-21-13-3-1-2-9-20-13/h4-7,13H,1-3,8-10H2,(H2,16,18)(H,17,19). The molecule has 114 valence electrons. The van der Waals surface area contributed by atoms with Gasteiger partial charge in [-0.2, -0.15) is 0 Å². The van der Waals surface area contributed by atoms with E-state index in [9.17, 15) is 9.59 Å². The Morgan fingerprint density at radius 1 is 1.24 bits per heavy atom. The predicted molar refractivity (Wildman–Crippen MR) is 76.8 cm³/mol. The molecule has 1 atom stereocenters. The monoisotopic (exact) mass is 292 g/mol. The second-order valence-corrected chi connectivity index (χ2v) is 4.86. The molecule has 1 saturated heterocycles. The van der Waals surface area contributed by atoms with Gasteiger partial charge in [-0.3, -0.25) is 9.59 Å². The average Bonchev–Trinajstić information content (AvgIpc) is 2.52. The van der Waals surface area contributed by atoms with E-state index < -0.39 is 5.91 Å². The molecule has 6 nitrogen and oxygen atoms in total. The molecule has 2 amide bonds. The van der Waals surface area contributed by atoms with Crippen LogP contribution < -0.4 is 11.1 Å². The highest BCUT2D eigenvalue weighted by atomic mass is 16.7. The Morgan fingerprint density at radius 3 is 2.57 bits per heavy atom. The summed E-state index contributed by atoms with van der Waals surface area (Å²) in [4.78, 5) is 22.8. The first-order valence-electron chi connectivity index (χ1n) is 7.08. The lowest BCUT2D eigenvalue weighted by atomic mass is 10.1. The molecular formula is C15H20N2O4. The first kappa shape index (κ1) is 15.5. The molecule has 0 aromatic heterocycles. The molecule has 0 saturated carbocycles. The summed E-state index contributed by atoms with van der Waals surface area (Å²) in [5, 5.41) is 2.75. The van der Waals surface area contributed by atoms with Crippen molar-refractivity contribution in [1.29, 1.82) is 0 Å². The minimum absolute atomic E-state index is 0.148. The van der Waals surface area contributed by atoms with E-state index in [4.69, 9.17) is 15.2 Å². The second-order valence-electron chi connectivity index (χ2n) is 4.86. The number of primary amides is 1. The summed E-state index contributed by atoms with van der Waals surface area (Å²) < 4.78 is 10.9. The van der Waals surface area contributed by atoms with Crippen LogP contribution in [-0.4, -0.2) is 37.9 Å². The summed E-state index contributed by atoms with van der Waals surface area (Å²) >= 11 is 0. The van der Waals surface area contributed by atoms with Gasteiger partial charge in [0.25, 0.3) is 5.91 Å². The van der Waals surface area contributed by atoms with Crippen LogP contribution >= 0.6 is 0 Å². The molecule has 0 bridgehead atoms. The van der Waals surface area contributed by atoms with Crippen molar-refractivity contribution < 1.29 is 19.1 Å². The van der Waals surface area contributed by atoms with Crippen molar-refractivity contribution >= 4 is 11.8 Å². The van der Waals surface area contributed by atoms with Crippen molar-refractivity contribution in [1.82, 2.24) is 5.32 Å². The summed E-state index contributed by atoms with van der Waals surface area (Å²) in [5.41, 5.74) is 6.00. The number of ether oxygens (including phenoxy) is 2. The van der Waals surface area contributed by atoms with Crippen molar-refractivity contribution in [2.24, 2.45) is 5.73 Å². The van der Waals surface area contributed by atoms with Gasteiger partial charge in [-0.05, 0) is 43.5 Å². The molecule has 0 radical (unpaired) electrons. The van der Waals surface area contributed by atoms with Crippen LogP contribution in [0.3, 0.4) is 0 Å². The molecule has 1 aromatic rings. The average molecular weight is 292 g/mol. The maximum absolute atomic E-state index is 11.9. The van der Waals surface area contributed by atoms with Crippen LogP contribution in [0.15, 0.2) is 24.3 Å². The van der Waals surface area contributed by atoms with Crippen molar-refractivity contribution in [3.8, 4) is 0 Å². The number of hydrogen-bond acceptors (Lipinski definition) is 4. The molecular weight excluding hydrogens is 272 g/mol. The third-order valence-corrected chi connectivity index (χ3v) is 3.26. The first-order chi connectivity index (χ1) is 10.2. The largest absolute Gasteiger partial charge is 0.366 e. The van der Waals surface area contributed by atoms with Crippen LogP contribution in [0.4, 0.5) is 0 Å². The van der Waals surface area contributed by atoms with E-state index in [2.05, 4.69) is 5.32 Å². The number of carbonyl (C=O) groups is 2. The summed E-state index contributed by atoms with van der Waals surface area (Å²) in [6, 6.07) is 6.20. The summed E-state index contributed by atoms with van der Waals surface area (Å²) in [6.07, 6.45) is 2.95. The van der Waals surface area contributed by atoms with Crippen LogP contribution in [0.25, 0.3) is 0 Å². The van der Waals surface area contributed by atoms with Gasteiger partial charge in [-0.25, -0.2) is 0 Å². The number of carbonyl (C=O) groups excluding carboxylic acids is 2. The van der Waals surface area contributed by atoms with Gasteiger partial charge in [0.15, 0.2) is 6.29 Å². The van der Waals surface area contributed by atoms with Gasteiger partial charge < -0.3 is 20.5 Å². The van der Waals surface area contributed by atoms with E-state index in [0.29, 0.717) is 24.3 Å².